The molecule has 0 unspecified atom stereocenters. The number of carboxylic acids is 1. The van der Waals surface area contributed by atoms with Crippen LogP contribution in [0.2, 0.25) is 0 Å². The standard InChI is InChI=1S/C23H17FN2O3/c24-16-9-10-18-19(13-16)26-23(29)21(18)22(25-17-7-2-1-3-8-17)15-6-4-5-14(11-15)12-20(27)28/h1-11,13,25H,12H2,(H,26,29)(H,27,28). The number of carbonyl (C=O) groups is 2. The Morgan fingerprint density at radius 2 is 1.79 bits per heavy atom. The van der Waals surface area contributed by atoms with E-state index >= 15 is 0 Å². The van der Waals surface area contributed by atoms with Gasteiger partial charge in [0, 0.05) is 11.3 Å². The first-order chi connectivity index (χ1) is 14.0. The average Bonchev–Trinajstić information content (AvgIpc) is 3.01. The number of halogens is 1. The average molecular weight is 388 g/mol. The van der Waals surface area contributed by atoms with Gasteiger partial charge in [-0.3, -0.25) is 9.59 Å². The van der Waals surface area contributed by atoms with Gasteiger partial charge in [-0.1, -0.05) is 36.4 Å². The topological polar surface area (TPSA) is 78.4 Å². The third-order valence-corrected chi connectivity index (χ3v) is 4.59. The molecule has 0 saturated heterocycles. The predicted octanol–water partition coefficient (Wildman–Crippen LogP) is 4.39. The van der Waals surface area contributed by atoms with Gasteiger partial charge in [0.2, 0.25) is 0 Å². The number of rotatable bonds is 5. The molecule has 0 atom stereocenters. The van der Waals surface area contributed by atoms with Gasteiger partial charge < -0.3 is 15.7 Å². The summed E-state index contributed by atoms with van der Waals surface area (Å²) in [5, 5.41) is 15.1. The summed E-state index contributed by atoms with van der Waals surface area (Å²) in [6.07, 6.45) is -0.129. The Morgan fingerprint density at radius 1 is 1.00 bits per heavy atom. The van der Waals surface area contributed by atoms with Gasteiger partial charge in [0.15, 0.2) is 0 Å². The fourth-order valence-corrected chi connectivity index (χ4v) is 3.35. The first kappa shape index (κ1) is 18.4. The molecule has 6 heteroatoms. The Balaban J connectivity index is 1.89. The lowest BCUT2D eigenvalue weighted by atomic mass is 9.98. The summed E-state index contributed by atoms with van der Waals surface area (Å²) in [6.45, 7) is 0. The minimum Gasteiger partial charge on any atom is -0.481 e. The Kier molecular flexibility index (Phi) is 4.83. The molecule has 1 heterocycles. The van der Waals surface area contributed by atoms with Gasteiger partial charge >= 0.3 is 5.97 Å². The third kappa shape index (κ3) is 3.87. The van der Waals surface area contributed by atoms with Crippen LogP contribution in [0.25, 0.3) is 11.3 Å². The van der Waals surface area contributed by atoms with Crippen molar-refractivity contribution in [3.8, 4) is 0 Å². The van der Waals surface area contributed by atoms with E-state index in [9.17, 15) is 14.0 Å². The zero-order valence-electron chi connectivity index (χ0n) is 15.3. The first-order valence-electron chi connectivity index (χ1n) is 9.00. The van der Waals surface area contributed by atoms with Crippen LogP contribution >= 0.6 is 0 Å². The number of hydrogen-bond donors (Lipinski definition) is 3. The van der Waals surface area contributed by atoms with Crippen LogP contribution in [0.3, 0.4) is 0 Å². The summed E-state index contributed by atoms with van der Waals surface area (Å²) in [7, 11) is 0. The second-order valence-corrected chi connectivity index (χ2v) is 6.66. The van der Waals surface area contributed by atoms with Crippen LogP contribution in [0.1, 0.15) is 16.7 Å². The highest BCUT2D eigenvalue weighted by Gasteiger charge is 2.29. The van der Waals surface area contributed by atoms with Gasteiger partial charge in [0.25, 0.3) is 5.91 Å². The predicted molar refractivity (Wildman–Crippen MR) is 110 cm³/mol. The lowest BCUT2D eigenvalue weighted by Crippen LogP contribution is -2.10. The fraction of sp³-hybridized carbons (Fsp3) is 0.0435. The van der Waals surface area contributed by atoms with Crippen LogP contribution in [-0.4, -0.2) is 17.0 Å². The van der Waals surface area contributed by atoms with Gasteiger partial charge in [-0.25, -0.2) is 4.39 Å². The van der Waals surface area contributed by atoms with Gasteiger partial charge in [0.05, 0.1) is 23.4 Å². The smallest absolute Gasteiger partial charge is 0.307 e. The minimum absolute atomic E-state index is 0.129. The quantitative estimate of drug-likeness (QED) is 0.567. The van der Waals surface area contributed by atoms with E-state index in [-0.39, 0.29) is 12.3 Å². The van der Waals surface area contributed by atoms with Crippen LogP contribution in [0.5, 0.6) is 0 Å². The maximum Gasteiger partial charge on any atom is 0.307 e. The molecule has 0 saturated carbocycles. The number of fused-ring (bicyclic) bond motifs is 1. The molecule has 144 valence electrons. The Labute approximate surface area is 166 Å². The molecule has 5 nitrogen and oxygen atoms in total. The van der Waals surface area contributed by atoms with Crippen molar-refractivity contribution < 1.29 is 19.1 Å². The fourth-order valence-electron chi connectivity index (χ4n) is 3.35. The molecule has 1 amide bonds. The van der Waals surface area contributed by atoms with E-state index in [1.54, 1.807) is 30.3 Å². The van der Waals surface area contributed by atoms with Crippen molar-refractivity contribution in [2.24, 2.45) is 0 Å². The van der Waals surface area contributed by atoms with E-state index < -0.39 is 11.8 Å². The highest BCUT2D eigenvalue weighted by molar-refractivity contribution is 6.37. The Morgan fingerprint density at radius 3 is 2.55 bits per heavy atom. The number of carbonyl (C=O) groups excluding carboxylic acids is 1. The zero-order chi connectivity index (χ0) is 20.4. The Bertz CT molecular complexity index is 1140. The number of amides is 1. The molecule has 0 bridgehead atoms. The van der Waals surface area contributed by atoms with Gasteiger partial charge in [-0.05, 0) is 47.5 Å². The van der Waals surface area contributed by atoms with Crippen LogP contribution in [-0.2, 0) is 16.0 Å². The Hall–Kier alpha value is -3.93. The van der Waals surface area contributed by atoms with Gasteiger partial charge in [-0.15, -0.1) is 0 Å². The zero-order valence-corrected chi connectivity index (χ0v) is 15.3. The lowest BCUT2D eigenvalue weighted by molar-refractivity contribution is -0.136. The monoisotopic (exact) mass is 388 g/mol. The van der Waals surface area contributed by atoms with Crippen LogP contribution in [0.4, 0.5) is 15.8 Å². The third-order valence-electron chi connectivity index (χ3n) is 4.59. The number of aliphatic carboxylic acids is 1. The maximum absolute atomic E-state index is 13.6. The molecule has 3 aromatic rings. The molecule has 0 radical (unpaired) electrons. The summed E-state index contributed by atoms with van der Waals surface area (Å²) in [4.78, 5) is 23.9. The number of para-hydroxylation sites is 1. The number of nitrogens with one attached hydrogen (secondary N) is 2. The van der Waals surface area contributed by atoms with Crippen molar-refractivity contribution in [3.05, 3.63) is 95.3 Å². The summed E-state index contributed by atoms with van der Waals surface area (Å²) in [5.74, 6) is -1.73. The normalized spacial score (nSPS) is 14.2. The first-order valence-corrected chi connectivity index (χ1v) is 9.00. The van der Waals surface area contributed by atoms with Crippen molar-refractivity contribution in [2.45, 2.75) is 6.42 Å². The molecule has 1 aliphatic rings. The van der Waals surface area contributed by atoms with Crippen molar-refractivity contribution in [1.29, 1.82) is 0 Å². The van der Waals surface area contributed by atoms with E-state index in [0.29, 0.717) is 33.6 Å². The summed E-state index contributed by atoms with van der Waals surface area (Å²) in [6, 6.07) is 20.5. The lowest BCUT2D eigenvalue weighted by Gasteiger charge is -2.15. The number of hydrogen-bond acceptors (Lipinski definition) is 3. The van der Waals surface area contributed by atoms with E-state index in [0.717, 1.165) is 5.69 Å². The number of benzene rings is 3. The van der Waals surface area contributed by atoms with Gasteiger partial charge in [-0.2, -0.15) is 0 Å². The maximum atomic E-state index is 13.6. The van der Waals surface area contributed by atoms with E-state index in [1.165, 1.54) is 12.1 Å². The van der Waals surface area contributed by atoms with Crippen LogP contribution in [0.15, 0.2) is 72.8 Å². The van der Waals surface area contributed by atoms with E-state index in [2.05, 4.69) is 10.6 Å². The molecular weight excluding hydrogens is 371 g/mol. The molecule has 1 aliphatic heterocycles. The molecule has 0 aromatic heterocycles. The van der Waals surface area contributed by atoms with Gasteiger partial charge in [0.1, 0.15) is 5.82 Å². The molecule has 0 spiro atoms. The highest BCUT2D eigenvalue weighted by Crippen LogP contribution is 2.38. The second kappa shape index (κ2) is 7.59. The molecule has 0 aliphatic carbocycles. The highest BCUT2D eigenvalue weighted by atomic mass is 19.1. The van der Waals surface area contributed by atoms with Crippen molar-refractivity contribution in [1.82, 2.24) is 0 Å². The van der Waals surface area contributed by atoms with Crippen LogP contribution in [0, 0.1) is 5.82 Å². The number of carboxylic acid groups (broad SMARTS) is 1. The summed E-state index contributed by atoms with van der Waals surface area (Å²) < 4.78 is 13.6. The molecule has 3 N–H and O–H groups in total. The molecular formula is C23H17FN2O3. The van der Waals surface area contributed by atoms with Crippen LogP contribution < -0.4 is 10.6 Å². The molecule has 0 fully saturated rings. The molecule has 3 aromatic carbocycles. The minimum atomic E-state index is -0.938. The van der Waals surface area contributed by atoms with E-state index in [1.807, 2.05) is 30.3 Å². The molecule has 29 heavy (non-hydrogen) atoms. The van der Waals surface area contributed by atoms with E-state index in [4.69, 9.17) is 5.11 Å². The largest absolute Gasteiger partial charge is 0.481 e. The summed E-state index contributed by atoms with van der Waals surface area (Å²) in [5.41, 5.74) is 3.91. The summed E-state index contributed by atoms with van der Waals surface area (Å²) >= 11 is 0. The van der Waals surface area contributed by atoms with Crippen molar-refractivity contribution in [2.75, 3.05) is 10.6 Å². The number of anilines is 2. The SMILES string of the molecule is O=C(O)Cc1cccc(C(Nc2ccccc2)=C2C(=O)Nc3cc(F)ccc32)c1. The second-order valence-electron chi connectivity index (χ2n) is 6.66. The van der Waals surface area contributed by atoms with Crippen molar-refractivity contribution in [3.63, 3.8) is 0 Å². The van der Waals surface area contributed by atoms with Crippen molar-refractivity contribution >= 4 is 34.5 Å². The molecule has 4 rings (SSSR count).